The molecule has 2 N–H and O–H groups in total. The molecule has 7 heteroatoms. The number of carbonyl (C=O) groups is 2. The molecule has 1 saturated carbocycles. The van der Waals surface area contributed by atoms with Gasteiger partial charge in [-0.3, -0.25) is 14.4 Å². The number of amides is 2. The van der Waals surface area contributed by atoms with Gasteiger partial charge in [-0.2, -0.15) is 0 Å². The Hall–Kier alpha value is -2.93. The maximum atomic E-state index is 13.2. The van der Waals surface area contributed by atoms with E-state index in [2.05, 4.69) is 5.32 Å². The third-order valence-electron chi connectivity index (χ3n) is 5.92. The molecule has 32 heavy (non-hydrogen) atoms. The van der Waals surface area contributed by atoms with Gasteiger partial charge in [-0.05, 0) is 24.3 Å². The van der Waals surface area contributed by atoms with Crippen molar-refractivity contribution in [2.45, 2.75) is 51.7 Å². The number of pyridine rings is 1. The lowest BCUT2D eigenvalue weighted by atomic mass is 10.1. The average molecular weight is 440 g/mol. The van der Waals surface area contributed by atoms with Gasteiger partial charge in [0, 0.05) is 32.0 Å². The minimum absolute atomic E-state index is 0.0135. The van der Waals surface area contributed by atoms with Gasteiger partial charge in [-0.1, -0.05) is 57.0 Å². The molecule has 2 aromatic rings. The highest BCUT2D eigenvalue weighted by Gasteiger charge is 2.26. The zero-order valence-electron chi connectivity index (χ0n) is 19.1. The molecule has 1 aliphatic rings. The number of aromatic nitrogens is 1. The Kier molecular flexibility index (Phi) is 7.85. The molecule has 0 unspecified atom stereocenters. The van der Waals surface area contributed by atoms with E-state index in [1.54, 1.807) is 31.6 Å². The number of likely N-dealkylation sites (N-methyl/N-ethyl adjacent to an activating group) is 1. The maximum absolute atomic E-state index is 13.2. The van der Waals surface area contributed by atoms with Gasteiger partial charge < -0.3 is 19.9 Å². The molecule has 7 nitrogen and oxygen atoms in total. The predicted octanol–water partition coefficient (Wildman–Crippen LogP) is 3.15. The zero-order chi connectivity index (χ0) is 23.3. The number of aliphatic hydroxyl groups excluding tert-OH is 1. The Morgan fingerprint density at radius 3 is 2.38 bits per heavy atom. The van der Waals surface area contributed by atoms with Gasteiger partial charge in [-0.15, -0.1) is 0 Å². The molecular formula is C25H33N3O4. The van der Waals surface area contributed by atoms with Gasteiger partial charge in [0.15, 0.2) is 0 Å². The Morgan fingerprint density at radius 2 is 1.75 bits per heavy atom. The minimum Gasteiger partial charge on any atom is -0.387 e. The Labute approximate surface area is 189 Å². The van der Waals surface area contributed by atoms with Crippen LogP contribution in [0.3, 0.4) is 0 Å². The van der Waals surface area contributed by atoms with Gasteiger partial charge in [0.05, 0.1) is 12.6 Å². The normalized spacial score (nSPS) is 15.0. The standard InChI is InChI=1S/C25H33N3O4/c1-17(2)13-26-24(31)20-14-28(19-11-7-8-12-19)15-21(23(20)30)25(32)27(3)16-22(29)18-9-5-4-6-10-18/h4-6,9-10,14-15,17,19,22,29H,7-8,11-13,16H2,1-3H3,(H,26,31)/t22-/m0/s1. The number of hydrogen-bond acceptors (Lipinski definition) is 4. The summed E-state index contributed by atoms with van der Waals surface area (Å²) < 4.78 is 1.85. The summed E-state index contributed by atoms with van der Waals surface area (Å²) in [7, 11) is 1.55. The second kappa shape index (κ2) is 10.6. The highest BCUT2D eigenvalue weighted by Crippen LogP contribution is 2.29. The molecule has 3 rings (SSSR count). The van der Waals surface area contributed by atoms with E-state index in [-0.39, 0.29) is 29.6 Å². The summed E-state index contributed by atoms with van der Waals surface area (Å²) in [5.74, 6) is -0.723. The fourth-order valence-corrected chi connectivity index (χ4v) is 4.05. The predicted molar refractivity (Wildman–Crippen MR) is 124 cm³/mol. The lowest BCUT2D eigenvalue weighted by Gasteiger charge is -2.23. The van der Waals surface area contributed by atoms with Crippen LogP contribution in [-0.4, -0.2) is 46.5 Å². The maximum Gasteiger partial charge on any atom is 0.259 e. The minimum atomic E-state index is -0.875. The van der Waals surface area contributed by atoms with Crippen LogP contribution in [0, 0.1) is 5.92 Å². The molecule has 1 fully saturated rings. The summed E-state index contributed by atoms with van der Waals surface area (Å²) in [6, 6.07) is 9.23. The molecule has 1 heterocycles. The molecule has 1 aromatic carbocycles. The number of nitrogens with zero attached hydrogens (tertiary/aromatic N) is 2. The fraction of sp³-hybridized carbons (Fsp3) is 0.480. The number of benzene rings is 1. The van der Waals surface area contributed by atoms with Gasteiger partial charge in [0.2, 0.25) is 5.43 Å². The first-order valence-corrected chi connectivity index (χ1v) is 11.3. The molecule has 2 amide bonds. The molecular weight excluding hydrogens is 406 g/mol. The average Bonchev–Trinajstić information content (AvgIpc) is 3.32. The van der Waals surface area contributed by atoms with Crippen molar-refractivity contribution in [3.8, 4) is 0 Å². The van der Waals surface area contributed by atoms with Gasteiger partial charge in [-0.25, -0.2) is 0 Å². The van der Waals surface area contributed by atoms with Crippen LogP contribution < -0.4 is 10.7 Å². The van der Waals surface area contributed by atoms with E-state index in [0.29, 0.717) is 12.1 Å². The van der Waals surface area contributed by atoms with E-state index in [0.717, 1.165) is 25.7 Å². The second-order valence-electron chi connectivity index (χ2n) is 9.02. The number of aliphatic hydroxyl groups is 1. The summed E-state index contributed by atoms with van der Waals surface area (Å²) in [6.45, 7) is 4.44. The molecule has 0 spiro atoms. The van der Waals surface area contributed by atoms with Crippen molar-refractivity contribution in [3.05, 3.63) is 69.6 Å². The lowest BCUT2D eigenvalue weighted by Crippen LogP contribution is -2.38. The van der Waals surface area contributed by atoms with Crippen LogP contribution in [0.2, 0.25) is 0 Å². The molecule has 1 aliphatic carbocycles. The van der Waals surface area contributed by atoms with Crippen molar-refractivity contribution in [2.75, 3.05) is 20.1 Å². The molecule has 172 valence electrons. The molecule has 1 aromatic heterocycles. The Morgan fingerprint density at radius 1 is 1.12 bits per heavy atom. The summed E-state index contributed by atoms with van der Waals surface area (Å²) in [5.41, 5.74) is 0.0566. The van der Waals surface area contributed by atoms with Crippen molar-refractivity contribution in [1.82, 2.24) is 14.8 Å². The first-order chi connectivity index (χ1) is 15.3. The van der Waals surface area contributed by atoms with E-state index in [1.807, 2.05) is 36.6 Å². The highest BCUT2D eigenvalue weighted by molar-refractivity contribution is 5.99. The van der Waals surface area contributed by atoms with Crippen molar-refractivity contribution < 1.29 is 14.7 Å². The van der Waals surface area contributed by atoms with Crippen molar-refractivity contribution >= 4 is 11.8 Å². The van der Waals surface area contributed by atoms with E-state index < -0.39 is 23.3 Å². The summed E-state index contributed by atoms with van der Waals surface area (Å²) in [5, 5.41) is 13.3. The monoisotopic (exact) mass is 439 g/mol. The topological polar surface area (TPSA) is 91.6 Å². The van der Waals surface area contributed by atoms with Crippen molar-refractivity contribution in [2.24, 2.45) is 5.92 Å². The smallest absolute Gasteiger partial charge is 0.259 e. The first-order valence-electron chi connectivity index (χ1n) is 11.3. The van der Waals surface area contributed by atoms with E-state index >= 15 is 0 Å². The third kappa shape index (κ3) is 5.65. The van der Waals surface area contributed by atoms with Gasteiger partial charge in [0.25, 0.3) is 11.8 Å². The van der Waals surface area contributed by atoms with Crippen LogP contribution in [0.15, 0.2) is 47.5 Å². The largest absolute Gasteiger partial charge is 0.387 e. The quantitative estimate of drug-likeness (QED) is 0.661. The van der Waals surface area contributed by atoms with Crippen molar-refractivity contribution in [3.63, 3.8) is 0 Å². The van der Waals surface area contributed by atoms with Crippen LogP contribution in [-0.2, 0) is 0 Å². The number of hydrogen-bond donors (Lipinski definition) is 2. The van der Waals surface area contributed by atoms with Crippen LogP contribution in [0.25, 0.3) is 0 Å². The Bertz CT molecular complexity index is 994. The summed E-state index contributed by atoms with van der Waals surface area (Å²) in [4.78, 5) is 40.4. The van der Waals surface area contributed by atoms with Crippen LogP contribution in [0.4, 0.5) is 0 Å². The Balaban J connectivity index is 1.90. The van der Waals surface area contributed by atoms with Crippen LogP contribution in [0.5, 0.6) is 0 Å². The molecule has 1 atom stereocenters. The third-order valence-corrected chi connectivity index (χ3v) is 5.92. The van der Waals surface area contributed by atoms with E-state index in [1.165, 1.54) is 4.90 Å². The van der Waals surface area contributed by atoms with E-state index in [9.17, 15) is 19.5 Å². The number of rotatable bonds is 8. The number of nitrogens with one attached hydrogen (secondary N) is 1. The van der Waals surface area contributed by atoms with Gasteiger partial charge in [0.1, 0.15) is 11.1 Å². The van der Waals surface area contributed by atoms with Crippen LogP contribution in [0.1, 0.15) is 78.0 Å². The van der Waals surface area contributed by atoms with E-state index in [4.69, 9.17) is 0 Å². The highest BCUT2D eigenvalue weighted by atomic mass is 16.3. The van der Waals surface area contributed by atoms with Crippen LogP contribution >= 0.6 is 0 Å². The second-order valence-corrected chi connectivity index (χ2v) is 9.02. The molecule has 0 saturated heterocycles. The van der Waals surface area contributed by atoms with Gasteiger partial charge >= 0.3 is 0 Å². The van der Waals surface area contributed by atoms with Crippen molar-refractivity contribution in [1.29, 1.82) is 0 Å². The molecule has 0 bridgehead atoms. The summed E-state index contributed by atoms with van der Waals surface area (Å²) >= 11 is 0. The SMILES string of the molecule is CC(C)CNC(=O)c1cn(C2CCCC2)cc(C(=O)N(C)C[C@H](O)c2ccccc2)c1=O. The molecule has 0 radical (unpaired) electrons. The lowest BCUT2D eigenvalue weighted by molar-refractivity contribution is 0.0678. The first kappa shape index (κ1) is 23.7. The molecule has 0 aliphatic heterocycles. The number of carbonyl (C=O) groups excluding carboxylic acids is 2. The fourth-order valence-electron chi connectivity index (χ4n) is 4.05. The summed E-state index contributed by atoms with van der Waals surface area (Å²) in [6.07, 6.45) is 6.35. The zero-order valence-corrected chi connectivity index (χ0v) is 19.1.